The molecule has 0 aliphatic carbocycles. The molecule has 1 unspecified atom stereocenters. The van der Waals surface area contributed by atoms with E-state index in [4.69, 9.17) is 23.7 Å². The number of carboxylic acid groups (broad SMARTS) is 2. The van der Waals surface area contributed by atoms with Gasteiger partial charge in [-0.3, -0.25) is 0 Å². The minimum absolute atomic E-state index is 0.00974. The summed E-state index contributed by atoms with van der Waals surface area (Å²) in [6, 6.07) is 4.15. The number of fused-ring (bicyclic) bond motifs is 2. The van der Waals surface area contributed by atoms with Crippen LogP contribution in [-0.2, 0) is 0 Å². The van der Waals surface area contributed by atoms with E-state index in [9.17, 15) is 24.9 Å². The molecule has 2 aliphatic rings. The molecule has 0 spiro atoms. The molecular weight excluding hydrogens is 468 g/mol. The zero-order valence-electron chi connectivity index (χ0n) is 15.2. The molecular formula is C19H15BrO10. The van der Waals surface area contributed by atoms with Crippen LogP contribution in [0, 0.1) is 0 Å². The van der Waals surface area contributed by atoms with Crippen molar-refractivity contribution in [1.29, 1.82) is 0 Å². The van der Waals surface area contributed by atoms with Crippen LogP contribution in [0.5, 0.6) is 34.5 Å². The summed E-state index contributed by atoms with van der Waals surface area (Å²) >= 11 is 3.28. The van der Waals surface area contributed by atoms with Gasteiger partial charge in [-0.25, -0.2) is 9.59 Å². The highest BCUT2D eigenvalue weighted by atomic mass is 79.9. The Bertz CT molecular complexity index is 1030. The minimum Gasteiger partial charge on any atom is -0.507 e. The number of aromatic carboxylic acids is 2. The number of rotatable bonds is 5. The van der Waals surface area contributed by atoms with Crippen molar-refractivity contribution in [2.45, 2.75) is 6.10 Å². The lowest BCUT2D eigenvalue weighted by atomic mass is 10.1. The van der Waals surface area contributed by atoms with Gasteiger partial charge in [-0.1, -0.05) is 0 Å². The highest BCUT2D eigenvalue weighted by Gasteiger charge is 2.31. The second kappa shape index (κ2) is 7.82. The molecule has 2 aromatic rings. The van der Waals surface area contributed by atoms with Crippen LogP contribution in [0.25, 0.3) is 0 Å². The van der Waals surface area contributed by atoms with E-state index in [-0.39, 0.29) is 54.1 Å². The molecule has 0 radical (unpaired) electrons. The predicted molar refractivity (Wildman–Crippen MR) is 103 cm³/mol. The molecule has 4 rings (SSSR count). The maximum Gasteiger partial charge on any atom is 0.343 e. The zero-order valence-corrected chi connectivity index (χ0v) is 16.8. The van der Waals surface area contributed by atoms with Crippen molar-refractivity contribution in [3.05, 3.63) is 33.8 Å². The Balaban J connectivity index is 1.59. The predicted octanol–water partition coefficient (Wildman–Crippen LogP) is 2.54. The fraction of sp³-hybridized carbons (Fsp3) is 0.263. The molecule has 2 heterocycles. The standard InChI is InChI=1S/C19H15BrO10/c20-9-5-12-16(27-4-3-26-12)14(19(24)25)15(9)29-7-8-6-28-11-2-1-10(21)13(18(22)23)17(11)30-8/h1-2,5,8,21H,3-4,6-7H2,(H,22,23)(H,24,25). The number of phenols is 1. The van der Waals surface area contributed by atoms with E-state index in [0.717, 1.165) is 0 Å². The lowest BCUT2D eigenvalue weighted by molar-refractivity contribution is 0.0467. The zero-order chi connectivity index (χ0) is 21.4. The summed E-state index contributed by atoms with van der Waals surface area (Å²) in [7, 11) is 0. The molecule has 0 fully saturated rings. The molecule has 0 amide bonds. The van der Waals surface area contributed by atoms with Gasteiger partial charge in [0.2, 0.25) is 0 Å². The normalized spacial score (nSPS) is 16.6. The van der Waals surface area contributed by atoms with E-state index in [0.29, 0.717) is 11.1 Å². The van der Waals surface area contributed by atoms with E-state index < -0.39 is 29.4 Å². The Morgan fingerprint density at radius 1 is 1.03 bits per heavy atom. The molecule has 30 heavy (non-hydrogen) atoms. The van der Waals surface area contributed by atoms with Gasteiger partial charge in [0.15, 0.2) is 34.9 Å². The molecule has 10 nitrogen and oxygen atoms in total. The first kappa shape index (κ1) is 20.0. The molecule has 3 N–H and O–H groups in total. The van der Waals surface area contributed by atoms with Crippen LogP contribution in [0.15, 0.2) is 22.7 Å². The maximum absolute atomic E-state index is 11.8. The fourth-order valence-corrected chi connectivity index (χ4v) is 3.63. The highest BCUT2D eigenvalue weighted by molar-refractivity contribution is 9.10. The van der Waals surface area contributed by atoms with Gasteiger partial charge < -0.3 is 39.0 Å². The Kier molecular flexibility index (Phi) is 5.20. The largest absolute Gasteiger partial charge is 0.507 e. The summed E-state index contributed by atoms with van der Waals surface area (Å²) < 4.78 is 28.1. The van der Waals surface area contributed by atoms with Gasteiger partial charge in [-0.15, -0.1) is 0 Å². The van der Waals surface area contributed by atoms with Crippen LogP contribution < -0.4 is 23.7 Å². The number of benzene rings is 2. The van der Waals surface area contributed by atoms with Crippen molar-refractivity contribution in [2.75, 3.05) is 26.4 Å². The Morgan fingerprint density at radius 3 is 2.50 bits per heavy atom. The topological polar surface area (TPSA) is 141 Å². The summed E-state index contributed by atoms with van der Waals surface area (Å²) in [5.41, 5.74) is -0.635. The summed E-state index contributed by atoms with van der Waals surface area (Å²) in [6.45, 7) is 0.365. The van der Waals surface area contributed by atoms with Gasteiger partial charge in [0.05, 0.1) is 4.47 Å². The van der Waals surface area contributed by atoms with E-state index in [1.54, 1.807) is 6.07 Å². The summed E-state index contributed by atoms with van der Waals surface area (Å²) in [4.78, 5) is 23.3. The monoisotopic (exact) mass is 482 g/mol. The van der Waals surface area contributed by atoms with Crippen LogP contribution >= 0.6 is 15.9 Å². The minimum atomic E-state index is -1.38. The molecule has 2 aromatic carbocycles. The Morgan fingerprint density at radius 2 is 1.77 bits per heavy atom. The van der Waals surface area contributed by atoms with Crippen molar-refractivity contribution in [3.8, 4) is 34.5 Å². The number of halogens is 1. The molecule has 0 saturated carbocycles. The van der Waals surface area contributed by atoms with Gasteiger partial charge in [0, 0.05) is 6.07 Å². The van der Waals surface area contributed by atoms with Crippen LogP contribution in [0.4, 0.5) is 0 Å². The second-order valence-electron chi connectivity index (χ2n) is 6.35. The van der Waals surface area contributed by atoms with Gasteiger partial charge in [0.25, 0.3) is 0 Å². The van der Waals surface area contributed by atoms with Crippen molar-refractivity contribution in [2.24, 2.45) is 0 Å². The Labute approximate surface area is 177 Å². The highest BCUT2D eigenvalue weighted by Crippen LogP contribution is 2.45. The lowest BCUT2D eigenvalue weighted by Gasteiger charge is -2.28. The van der Waals surface area contributed by atoms with Crippen LogP contribution in [-0.4, -0.2) is 59.8 Å². The molecule has 11 heteroatoms. The quantitative estimate of drug-likeness (QED) is 0.581. The fourth-order valence-electron chi connectivity index (χ4n) is 3.11. The van der Waals surface area contributed by atoms with Crippen molar-refractivity contribution in [1.82, 2.24) is 0 Å². The Hall–Kier alpha value is -3.34. The van der Waals surface area contributed by atoms with Crippen LogP contribution in [0.1, 0.15) is 20.7 Å². The third-order valence-electron chi connectivity index (χ3n) is 4.39. The molecule has 0 bridgehead atoms. The summed E-state index contributed by atoms with van der Waals surface area (Å²) in [5, 5.41) is 28.8. The van der Waals surface area contributed by atoms with E-state index in [2.05, 4.69) is 15.9 Å². The number of ether oxygens (including phenoxy) is 5. The van der Waals surface area contributed by atoms with Crippen LogP contribution in [0.3, 0.4) is 0 Å². The van der Waals surface area contributed by atoms with Gasteiger partial charge >= 0.3 is 11.9 Å². The van der Waals surface area contributed by atoms with E-state index in [1.807, 2.05) is 0 Å². The third-order valence-corrected chi connectivity index (χ3v) is 4.98. The summed E-state index contributed by atoms with van der Waals surface area (Å²) in [5.74, 6) is -2.70. The van der Waals surface area contributed by atoms with Crippen molar-refractivity contribution < 1.29 is 48.6 Å². The third kappa shape index (κ3) is 3.52. The average molecular weight is 483 g/mol. The first-order chi connectivity index (χ1) is 14.4. The van der Waals surface area contributed by atoms with Gasteiger partial charge in [-0.2, -0.15) is 0 Å². The maximum atomic E-state index is 11.8. The smallest absolute Gasteiger partial charge is 0.343 e. The summed E-state index contributed by atoms with van der Waals surface area (Å²) in [6.07, 6.45) is -0.765. The first-order valence-corrected chi connectivity index (χ1v) is 9.53. The van der Waals surface area contributed by atoms with Gasteiger partial charge in [-0.05, 0) is 28.1 Å². The molecule has 0 aromatic heterocycles. The molecule has 2 aliphatic heterocycles. The second-order valence-corrected chi connectivity index (χ2v) is 7.20. The molecule has 0 saturated heterocycles. The molecule has 158 valence electrons. The van der Waals surface area contributed by atoms with Crippen molar-refractivity contribution in [3.63, 3.8) is 0 Å². The number of hydrogen-bond donors (Lipinski definition) is 3. The number of hydrogen-bond acceptors (Lipinski definition) is 8. The number of carboxylic acids is 2. The van der Waals surface area contributed by atoms with Crippen molar-refractivity contribution >= 4 is 27.9 Å². The van der Waals surface area contributed by atoms with E-state index in [1.165, 1.54) is 12.1 Å². The molecule has 1 atom stereocenters. The number of aromatic hydroxyl groups is 1. The van der Waals surface area contributed by atoms with E-state index >= 15 is 0 Å². The lowest BCUT2D eigenvalue weighted by Crippen LogP contribution is -2.35. The van der Waals surface area contributed by atoms with Crippen LogP contribution in [0.2, 0.25) is 0 Å². The van der Waals surface area contributed by atoms with Gasteiger partial charge in [0.1, 0.15) is 43.3 Å². The number of carbonyl (C=O) groups is 2. The first-order valence-electron chi connectivity index (χ1n) is 8.73. The average Bonchev–Trinajstić information content (AvgIpc) is 2.71. The SMILES string of the molecule is O=C(O)c1c(O)ccc2c1OC(COc1c(Br)cc3c(c1C(=O)O)OCCO3)CO2.